The Kier molecular flexibility index (Phi) is 5.87. The minimum atomic E-state index is -0.501. The van der Waals surface area contributed by atoms with Crippen LogP contribution in [-0.4, -0.2) is 25.6 Å². The van der Waals surface area contributed by atoms with E-state index in [2.05, 4.69) is 0 Å². The van der Waals surface area contributed by atoms with Gasteiger partial charge in [0.15, 0.2) is 0 Å². The highest BCUT2D eigenvalue weighted by molar-refractivity contribution is 6.23. The third kappa shape index (κ3) is 3.94. The maximum absolute atomic E-state index is 13.4. The zero-order chi connectivity index (χ0) is 21.1. The smallest absolute Gasteiger partial charge is 0.340 e. The predicted octanol–water partition coefficient (Wildman–Crippen LogP) is 4.58. The van der Waals surface area contributed by atoms with E-state index in [1.165, 1.54) is 0 Å². The van der Waals surface area contributed by atoms with Crippen molar-refractivity contribution in [1.82, 2.24) is 0 Å². The van der Waals surface area contributed by atoms with Crippen molar-refractivity contribution in [2.24, 2.45) is 0 Å². The van der Waals surface area contributed by atoms with Crippen molar-refractivity contribution in [2.45, 2.75) is 27.7 Å². The fraction of sp³-hybridized carbons (Fsp3) is 0.250. The minimum absolute atomic E-state index is 0.236. The Balaban J connectivity index is 2.14. The summed E-state index contributed by atoms with van der Waals surface area (Å²) in [7, 11) is 1.59. The van der Waals surface area contributed by atoms with Crippen molar-refractivity contribution in [3.8, 4) is 5.75 Å². The molecule has 1 aliphatic heterocycles. The topological polar surface area (TPSA) is 55.8 Å². The molecule has 1 heterocycles. The van der Waals surface area contributed by atoms with Crippen LogP contribution in [0, 0.1) is 13.8 Å². The van der Waals surface area contributed by atoms with E-state index in [1.54, 1.807) is 31.9 Å². The summed E-state index contributed by atoms with van der Waals surface area (Å²) in [5, 5.41) is 0. The number of benzene rings is 2. The van der Waals surface area contributed by atoms with Gasteiger partial charge in [-0.3, -0.25) is 9.69 Å². The number of carbonyl (C=O) groups is 2. The van der Waals surface area contributed by atoms with Gasteiger partial charge in [0.2, 0.25) is 0 Å². The predicted molar refractivity (Wildman–Crippen MR) is 114 cm³/mol. The lowest BCUT2D eigenvalue weighted by Crippen LogP contribution is -2.24. The van der Waals surface area contributed by atoms with Gasteiger partial charge in [0.1, 0.15) is 5.75 Å². The van der Waals surface area contributed by atoms with Gasteiger partial charge >= 0.3 is 5.97 Å². The first-order chi connectivity index (χ1) is 13.9. The Bertz CT molecular complexity index is 1030. The molecule has 0 radical (unpaired) electrons. The van der Waals surface area contributed by atoms with Gasteiger partial charge in [-0.1, -0.05) is 18.2 Å². The quantitative estimate of drug-likeness (QED) is 0.553. The van der Waals surface area contributed by atoms with E-state index in [0.29, 0.717) is 17.0 Å². The van der Waals surface area contributed by atoms with E-state index >= 15 is 0 Å². The maximum Gasteiger partial charge on any atom is 0.340 e. The molecule has 5 nitrogen and oxygen atoms in total. The third-order valence-electron chi connectivity index (χ3n) is 5.03. The number of hydrogen-bond donors (Lipinski definition) is 0. The Morgan fingerprint density at radius 2 is 1.83 bits per heavy atom. The van der Waals surface area contributed by atoms with Gasteiger partial charge in [-0.25, -0.2) is 4.79 Å². The van der Waals surface area contributed by atoms with Gasteiger partial charge in [-0.2, -0.15) is 0 Å². The second-order valence-corrected chi connectivity index (χ2v) is 6.92. The molecule has 0 N–H and O–H groups in total. The molecule has 5 heteroatoms. The van der Waals surface area contributed by atoms with Gasteiger partial charge in [-0.05, 0) is 74.7 Å². The van der Waals surface area contributed by atoms with Crippen molar-refractivity contribution in [3.63, 3.8) is 0 Å². The molecule has 2 aromatic rings. The van der Waals surface area contributed by atoms with Gasteiger partial charge in [0, 0.05) is 11.4 Å². The summed E-state index contributed by atoms with van der Waals surface area (Å²) in [6.07, 6.45) is 1.71. The SMILES string of the molecule is CCOC(=O)C1=C(C)N(c2ccc(C)c(C)c2)C(=O)/C1=C/c1cccc(OC)c1. The van der Waals surface area contributed by atoms with Crippen molar-refractivity contribution >= 4 is 23.6 Å². The van der Waals surface area contributed by atoms with Crippen LogP contribution in [0.15, 0.2) is 59.3 Å². The molecule has 0 saturated heterocycles. The minimum Gasteiger partial charge on any atom is -0.497 e. The second-order valence-electron chi connectivity index (χ2n) is 6.92. The van der Waals surface area contributed by atoms with Crippen LogP contribution < -0.4 is 9.64 Å². The highest BCUT2D eigenvalue weighted by Crippen LogP contribution is 2.36. The van der Waals surface area contributed by atoms with E-state index in [0.717, 1.165) is 22.4 Å². The molecule has 29 heavy (non-hydrogen) atoms. The first-order valence-electron chi connectivity index (χ1n) is 9.53. The molecule has 1 aliphatic rings. The van der Waals surface area contributed by atoms with Crippen LogP contribution in [0.1, 0.15) is 30.5 Å². The van der Waals surface area contributed by atoms with Crippen LogP contribution in [0.5, 0.6) is 5.75 Å². The van der Waals surface area contributed by atoms with E-state index in [1.807, 2.05) is 56.3 Å². The monoisotopic (exact) mass is 391 g/mol. The van der Waals surface area contributed by atoms with Gasteiger partial charge in [0.25, 0.3) is 5.91 Å². The molecule has 0 unspecified atom stereocenters. The lowest BCUT2D eigenvalue weighted by molar-refractivity contribution is -0.138. The molecule has 3 rings (SSSR count). The third-order valence-corrected chi connectivity index (χ3v) is 5.03. The van der Waals surface area contributed by atoms with Gasteiger partial charge in [-0.15, -0.1) is 0 Å². The number of amides is 1. The number of carbonyl (C=O) groups excluding carboxylic acids is 2. The molecule has 0 fully saturated rings. The molecule has 1 amide bonds. The second kappa shape index (κ2) is 8.35. The standard InChI is InChI=1S/C24H25NO4/c1-6-29-24(27)22-17(4)25(19-11-10-15(2)16(3)12-19)23(26)21(22)14-18-8-7-9-20(13-18)28-5/h7-14H,6H2,1-5H3/b21-14+. The van der Waals surface area contributed by atoms with E-state index in [-0.39, 0.29) is 18.1 Å². The van der Waals surface area contributed by atoms with Gasteiger partial charge < -0.3 is 9.47 Å². The zero-order valence-electron chi connectivity index (χ0n) is 17.4. The summed E-state index contributed by atoms with van der Waals surface area (Å²) >= 11 is 0. The molecule has 0 bridgehead atoms. The first kappa shape index (κ1) is 20.4. The number of ether oxygens (including phenoxy) is 2. The van der Waals surface area contributed by atoms with Gasteiger partial charge in [0.05, 0.1) is 24.9 Å². The van der Waals surface area contributed by atoms with E-state index < -0.39 is 5.97 Å². The van der Waals surface area contributed by atoms with Crippen molar-refractivity contribution in [3.05, 3.63) is 76.0 Å². The summed E-state index contributed by atoms with van der Waals surface area (Å²) in [6, 6.07) is 13.2. The van der Waals surface area contributed by atoms with Crippen molar-refractivity contribution < 1.29 is 19.1 Å². The largest absolute Gasteiger partial charge is 0.497 e. The Labute approximate surface area is 171 Å². The summed E-state index contributed by atoms with van der Waals surface area (Å²) < 4.78 is 10.5. The normalized spacial score (nSPS) is 15.3. The fourth-order valence-corrected chi connectivity index (χ4v) is 3.35. The summed E-state index contributed by atoms with van der Waals surface area (Å²) in [5.74, 6) is -0.0790. The molecule has 2 aromatic carbocycles. The average molecular weight is 391 g/mol. The molecule has 0 saturated carbocycles. The van der Waals surface area contributed by atoms with Crippen molar-refractivity contribution in [1.29, 1.82) is 0 Å². The molecular formula is C24H25NO4. The molecular weight excluding hydrogens is 366 g/mol. The van der Waals surface area contributed by atoms with E-state index in [4.69, 9.17) is 9.47 Å². The van der Waals surface area contributed by atoms with E-state index in [9.17, 15) is 9.59 Å². The van der Waals surface area contributed by atoms with Crippen molar-refractivity contribution in [2.75, 3.05) is 18.6 Å². The summed E-state index contributed by atoms with van der Waals surface area (Å²) in [5.41, 5.74) is 4.87. The number of allylic oxidation sites excluding steroid dienone is 1. The highest BCUT2D eigenvalue weighted by Gasteiger charge is 2.38. The van der Waals surface area contributed by atoms with Crippen LogP contribution in [0.4, 0.5) is 5.69 Å². The van der Waals surface area contributed by atoms with Crippen LogP contribution in [0.3, 0.4) is 0 Å². The molecule has 0 spiro atoms. The average Bonchev–Trinajstić information content (AvgIpc) is 2.94. The fourth-order valence-electron chi connectivity index (χ4n) is 3.35. The number of nitrogens with zero attached hydrogens (tertiary/aromatic N) is 1. The molecule has 0 aromatic heterocycles. The zero-order valence-corrected chi connectivity index (χ0v) is 17.4. The number of methoxy groups -OCH3 is 1. The Morgan fingerprint density at radius 3 is 2.48 bits per heavy atom. The number of aryl methyl sites for hydroxylation is 2. The number of anilines is 1. The molecule has 0 atom stereocenters. The Morgan fingerprint density at radius 1 is 1.07 bits per heavy atom. The van der Waals surface area contributed by atoms with Crippen LogP contribution in [0.25, 0.3) is 6.08 Å². The molecule has 0 aliphatic carbocycles. The number of rotatable bonds is 5. The lowest BCUT2D eigenvalue weighted by atomic mass is 10.0. The maximum atomic E-state index is 13.4. The lowest BCUT2D eigenvalue weighted by Gasteiger charge is -2.19. The molecule has 150 valence electrons. The summed E-state index contributed by atoms with van der Waals surface area (Å²) in [4.78, 5) is 27.6. The number of hydrogen-bond acceptors (Lipinski definition) is 4. The highest BCUT2D eigenvalue weighted by atomic mass is 16.5. The van der Waals surface area contributed by atoms with Crippen LogP contribution in [0.2, 0.25) is 0 Å². The summed E-state index contributed by atoms with van der Waals surface area (Å²) in [6.45, 7) is 7.77. The Hall–Kier alpha value is -3.34. The number of esters is 1. The van der Waals surface area contributed by atoms with Crippen LogP contribution >= 0.6 is 0 Å². The van der Waals surface area contributed by atoms with Crippen LogP contribution in [-0.2, 0) is 14.3 Å². The first-order valence-corrected chi connectivity index (χ1v) is 9.53.